The van der Waals surface area contributed by atoms with Crippen LogP contribution in [0.1, 0.15) is 22.8 Å². The van der Waals surface area contributed by atoms with Crippen molar-refractivity contribution in [3.8, 4) is 0 Å². The van der Waals surface area contributed by atoms with Crippen molar-refractivity contribution in [2.24, 2.45) is 0 Å². The third-order valence-corrected chi connectivity index (χ3v) is 4.91. The van der Waals surface area contributed by atoms with Gasteiger partial charge in [0.05, 0.1) is 6.10 Å². The molecule has 1 atom stereocenters. The monoisotopic (exact) mass is 282 g/mol. The summed E-state index contributed by atoms with van der Waals surface area (Å²) in [4.78, 5) is 2.35. The van der Waals surface area contributed by atoms with Crippen LogP contribution in [0, 0.1) is 0 Å². The summed E-state index contributed by atoms with van der Waals surface area (Å²) < 4.78 is 0. The van der Waals surface area contributed by atoms with Gasteiger partial charge in [-0.25, -0.2) is 0 Å². The Kier molecular flexibility index (Phi) is 3.42. The van der Waals surface area contributed by atoms with E-state index >= 15 is 0 Å². The minimum Gasteiger partial charge on any atom is -0.387 e. The summed E-state index contributed by atoms with van der Waals surface area (Å²) in [5.74, 6) is 0. The Morgan fingerprint density at radius 2 is 1.81 bits per heavy atom. The number of hydrogen-bond acceptors (Lipinski definition) is 3. The molecule has 2 aliphatic rings. The van der Waals surface area contributed by atoms with Crippen molar-refractivity contribution >= 4 is 10.8 Å². The van der Waals surface area contributed by atoms with Gasteiger partial charge >= 0.3 is 0 Å². The Morgan fingerprint density at radius 1 is 1.05 bits per heavy atom. The van der Waals surface area contributed by atoms with E-state index < -0.39 is 6.10 Å². The van der Waals surface area contributed by atoms with Crippen molar-refractivity contribution in [2.45, 2.75) is 18.9 Å². The molecule has 0 radical (unpaired) electrons. The molecular formula is C18H22N2O. The molecule has 1 unspecified atom stereocenters. The number of benzene rings is 2. The van der Waals surface area contributed by atoms with Crippen LogP contribution in [0.4, 0.5) is 0 Å². The lowest BCUT2D eigenvalue weighted by Crippen LogP contribution is -2.44. The Bertz CT molecular complexity index is 651. The molecule has 4 rings (SSSR count). The number of rotatable bonds is 3. The fourth-order valence-electron chi connectivity index (χ4n) is 3.80. The molecule has 2 aromatic rings. The normalized spacial score (nSPS) is 20.0. The molecule has 1 saturated heterocycles. The van der Waals surface area contributed by atoms with E-state index in [9.17, 15) is 5.11 Å². The molecule has 0 amide bonds. The summed E-state index contributed by atoms with van der Waals surface area (Å²) in [5.41, 5.74) is 3.98. The zero-order chi connectivity index (χ0) is 14.2. The van der Waals surface area contributed by atoms with Crippen LogP contribution in [0.15, 0.2) is 30.3 Å². The molecule has 1 aliphatic heterocycles. The predicted molar refractivity (Wildman–Crippen MR) is 85.6 cm³/mol. The second-order valence-electron chi connectivity index (χ2n) is 6.22. The molecule has 1 heterocycles. The molecule has 3 heteroatoms. The molecule has 0 aromatic heterocycles. The largest absolute Gasteiger partial charge is 0.387 e. The average molecular weight is 282 g/mol. The van der Waals surface area contributed by atoms with Gasteiger partial charge in [-0.3, -0.25) is 4.90 Å². The maximum absolute atomic E-state index is 10.7. The molecule has 0 bridgehead atoms. The van der Waals surface area contributed by atoms with Crippen molar-refractivity contribution in [3.05, 3.63) is 47.0 Å². The summed E-state index contributed by atoms with van der Waals surface area (Å²) in [6.45, 7) is 4.84. The molecule has 21 heavy (non-hydrogen) atoms. The molecule has 1 fully saturated rings. The van der Waals surface area contributed by atoms with E-state index in [-0.39, 0.29) is 0 Å². The Morgan fingerprint density at radius 3 is 2.62 bits per heavy atom. The number of nitrogens with zero attached hydrogens (tertiary/aromatic N) is 1. The smallest absolute Gasteiger partial charge is 0.0922 e. The van der Waals surface area contributed by atoms with E-state index in [0.717, 1.165) is 51.1 Å². The number of β-amino-alcohol motifs (C(OH)–C–C–N with tert-alkyl or cyclic N) is 1. The molecule has 3 nitrogen and oxygen atoms in total. The molecular weight excluding hydrogens is 260 g/mol. The fourth-order valence-corrected chi connectivity index (χ4v) is 3.80. The van der Waals surface area contributed by atoms with Crippen LogP contribution in [-0.4, -0.2) is 42.7 Å². The number of hydrogen-bond donors (Lipinski definition) is 2. The first kappa shape index (κ1) is 13.3. The lowest BCUT2D eigenvalue weighted by Gasteiger charge is -2.29. The number of aryl methyl sites for hydroxylation is 2. The van der Waals surface area contributed by atoms with Crippen LogP contribution in [0.3, 0.4) is 0 Å². The number of nitrogens with one attached hydrogen (secondary N) is 1. The summed E-state index contributed by atoms with van der Waals surface area (Å²) in [7, 11) is 0. The zero-order valence-corrected chi connectivity index (χ0v) is 12.3. The summed E-state index contributed by atoms with van der Waals surface area (Å²) >= 11 is 0. The minimum atomic E-state index is -0.395. The van der Waals surface area contributed by atoms with Crippen molar-refractivity contribution in [1.82, 2.24) is 10.2 Å². The Labute approximate surface area is 125 Å². The third kappa shape index (κ3) is 2.35. The Hall–Kier alpha value is -1.42. The van der Waals surface area contributed by atoms with Gasteiger partial charge in [0.25, 0.3) is 0 Å². The van der Waals surface area contributed by atoms with E-state index in [1.165, 1.54) is 21.9 Å². The van der Waals surface area contributed by atoms with Gasteiger partial charge in [0, 0.05) is 32.7 Å². The third-order valence-electron chi connectivity index (χ3n) is 4.91. The maximum Gasteiger partial charge on any atom is 0.0922 e. The van der Waals surface area contributed by atoms with Crippen LogP contribution >= 0.6 is 0 Å². The lowest BCUT2D eigenvalue weighted by molar-refractivity contribution is 0.106. The van der Waals surface area contributed by atoms with E-state index in [1.54, 1.807) is 0 Å². The highest BCUT2D eigenvalue weighted by Crippen LogP contribution is 2.35. The molecule has 0 saturated carbocycles. The molecule has 0 spiro atoms. The molecule has 110 valence electrons. The highest BCUT2D eigenvalue weighted by atomic mass is 16.3. The van der Waals surface area contributed by atoms with Crippen LogP contribution < -0.4 is 5.32 Å². The van der Waals surface area contributed by atoms with Gasteiger partial charge in [-0.1, -0.05) is 30.3 Å². The molecule has 2 N–H and O–H groups in total. The number of aliphatic hydroxyl groups excluding tert-OH is 1. The second kappa shape index (κ2) is 5.41. The van der Waals surface area contributed by atoms with Crippen LogP contribution in [0.2, 0.25) is 0 Å². The topological polar surface area (TPSA) is 35.5 Å². The van der Waals surface area contributed by atoms with E-state index in [1.807, 2.05) is 0 Å². The van der Waals surface area contributed by atoms with E-state index in [2.05, 4.69) is 40.5 Å². The summed E-state index contributed by atoms with van der Waals surface area (Å²) in [5, 5.41) is 16.7. The quantitative estimate of drug-likeness (QED) is 0.902. The van der Waals surface area contributed by atoms with Gasteiger partial charge in [-0.15, -0.1) is 0 Å². The number of piperazine rings is 1. The second-order valence-corrected chi connectivity index (χ2v) is 6.22. The Balaban J connectivity index is 1.67. The first-order valence-corrected chi connectivity index (χ1v) is 7.97. The van der Waals surface area contributed by atoms with E-state index in [0.29, 0.717) is 0 Å². The van der Waals surface area contributed by atoms with Crippen molar-refractivity contribution in [2.75, 3.05) is 32.7 Å². The van der Waals surface area contributed by atoms with Crippen molar-refractivity contribution in [3.63, 3.8) is 0 Å². The van der Waals surface area contributed by atoms with Gasteiger partial charge in [0.1, 0.15) is 0 Å². The SMILES string of the molecule is OC(CN1CCNCC1)c1ccc2c3c(cccc13)CC2. The fraction of sp³-hybridized carbons (Fsp3) is 0.444. The van der Waals surface area contributed by atoms with Crippen LogP contribution in [0.5, 0.6) is 0 Å². The lowest BCUT2D eigenvalue weighted by atomic mass is 9.96. The molecule has 2 aromatic carbocycles. The minimum absolute atomic E-state index is 0.395. The zero-order valence-electron chi connectivity index (χ0n) is 12.3. The van der Waals surface area contributed by atoms with Crippen LogP contribution in [-0.2, 0) is 12.8 Å². The average Bonchev–Trinajstić information content (AvgIpc) is 2.94. The van der Waals surface area contributed by atoms with Gasteiger partial charge < -0.3 is 10.4 Å². The number of aliphatic hydroxyl groups is 1. The van der Waals surface area contributed by atoms with Crippen LogP contribution in [0.25, 0.3) is 10.8 Å². The summed E-state index contributed by atoms with van der Waals surface area (Å²) in [6.07, 6.45) is 1.89. The van der Waals surface area contributed by atoms with Gasteiger partial charge in [0.2, 0.25) is 0 Å². The highest BCUT2D eigenvalue weighted by Gasteiger charge is 2.21. The standard InChI is InChI=1S/C18H22N2O/c21-17(12-20-10-8-19-9-11-20)15-7-6-14-5-4-13-2-1-3-16(15)18(13)14/h1-3,6-7,17,19,21H,4-5,8-12H2. The first-order chi connectivity index (χ1) is 10.3. The van der Waals surface area contributed by atoms with Gasteiger partial charge in [-0.05, 0) is 40.3 Å². The predicted octanol–water partition coefficient (Wildman–Crippen LogP) is 1.88. The maximum atomic E-state index is 10.7. The van der Waals surface area contributed by atoms with Gasteiger partial charge in [0.15, 0.2) is 0 Å². The van der Waals surface area contributed by atoms with E-state index in [4.69, 9.17) is 0 Å². The van der Waals surface area contributed by atoms with Gasteiger partial charge in [-0.2, -0.15) is 0 Å². The van der Waals surface area contributed by atoms with Crippen molar-refractivity contribution in [1.29, 1.82) is 0 Å². The highest BCUT2D eigenvalue weighted by molar-refractivity contribution is 5.93. The first-order valence-electron chi connectivity index (χ1n) is 7.97. The summed E-state index contributed by atoms with van der Waals surface area (Å²) in [6, 6.07) is 10.9. The molecule has 1 aliphatic carbocycles. The van der Waals surface area contributed by atoms with Crippen molar-refractivity contribution < 1.29 is 5.11 Å².